The Balaban J connectivity index is 2.45. The summed E-state index contributed by atoms with van der Waals surface area (Å²) >= 11 is 0. The van der Waals surface area contributed by atoms with Crippen LogP contribution in [0.5, 0.6) is 0 Å². The van der Waals surface area contributed by atoms with Crippen molar-refractivity contribution in [2.45, 2.75) is 26.2 Å². The molecule has 1 amide bonds. The number of nitrogens with two attached hydrogens (primary N) is 2. The van der Waals surface area contributed by atoms with Crippen molar-refractivity contribution >= 4 is 23.1 Å². The summed E-state index contributed by atoms with van der Waals surface area (Å²) in [6.45, 7) is 2.22. The molecule has 0 saturated carbocycles. The summed E-state index contributed by atoms with van der Waals surface area (Å²) in [5.74, 6) is -0.328. The molecule has 0 atom stereocenters. The molecule has 0 spiro atoms. The van der Waals surface area contributed by atoms with Gasteiger partial charge in [-0.2, -0.15) is 0 Å². The van der Waals surface area contributed by atoms with E-state index in [1.165, 1.54) is 6.92 Å². The number of hydrogen-bond acceptors (Lipinski definition) is 4. The molecule has 18 heavy (non-hydrogen) atoms. The van der Waals surface area contributed by atoms with Crippen LogP contribution in [0.15, 0.2) is 18.2 Å². The van der Waals surface area contributed by atoms with Crippen LogP contribution in [0.2, 0.25) is 0 Å². The number of nitrogen functional groups attached to an aromatic ring is 1. The molecule has 0 aliphatic heterocycles. The SMILES string of the molecule is CC(=O)c1cc(NCCCCC(N)=O)ccc1N. The molecule has 0 fully saturated rings. The third kappa shape index (κ3) is 4.45. The molecule has 0 unspecified atom stereocenters. The van der Waals surface area contributed by atoms with Gasteiger partial charge in [0.25, 0.3) is 0 Å². The first-order chi connectivity index (χ1) is 8.50. The number of amides is 1. The number of anilines is 2. The molecule has 5 N–H and O–H groups in total. The van der Waals surface area contributed by atoms with Crippen LogP contribution >= 0.6 is 0 Å². The highest BCUT2D eigenvalue weighted by molar-refractivity contribution is 6.00. The molecule has 98 valence electrons. The fourth-order valence-electron chi connectivity index (χ4n) is 1.63. The highest BCUT2D eigenvalue weighted by Crippen LogP contribution is 2.18. The van der Waals surface area contributed by atoms with E-state index in [1.54, 1.807) is 12.1 Å². The zero-order valence-corrected chi connectivity index (χ0v) is 10.5. The first-order valence-corrected chi connectivity index (χ1v) is 5.93. The number of benzene rings is 1. The molecule has 0 radical (unpaired) electrons. The first kappa shape index (κ1) is 14.0. The summed E-state index contributed by atoms with van der Waals surface area (Å²) in [6.07, 6.45) is 2.02. The maximum atomic E-state index is 11.3. The lowest BCUT2D eigenvalue weighted by Crippen LogP contribution is -2.11. The quantitative estimate of drug-likeness (QED) is 0.388. The van der Waals surface area contributed by atoms with Gasteiger partial charge >= 0.3 is 0 Å². The fraction of sp³-hybridized carbons (Fsp3) is 0.385. The van der Waals surface area contributed by atoms with Gasteiger partial charge in [0.1, 0.15) is 0 Å². The zero-order chi connectivity index (χ0) is 13.5. The van der Waals surface area contributed by atoms with Crippen LogP contribution in [0.25, 0.3) is 0 Å². The molecular formula is C13H19N3O2. The van der Waals surface area contributed by atoms with E-state index in [2.05, 4.69) is 5.32 Å². The number of primary amides is 1. The van der Waals surface area contributed by atoms with Gasteiger partial charge in [-0.15, -0.1) is 0 Å². The number of nitrogens with one attached hydrogen (secondary N) is 1. The molecule has 5 heteroatoms. The van der Waals surface area contributed by atoms with Crippen molar-refractivity contribution in [3.05, 3.63) is 23.8 Å². The van der Waals surface area contributed by atoms with Gasteiger partial charge in [-0.1, -0.05) is 0 Å². The summed E-state index contributed by atoms with van der Waals surface area (Å²) in [4.78, 5) is 21.9. The highest BCUT2D eigenvalue weighted by Gasteiger charge is 2.05. The van der Waals surface area contributed by atoms with E-state index in [4.69, 9.17) is 11.5 Å². The molecule has 1 aromatic carbocycles. The lowest BCUT2D eigenvalue weighted by molar-refractivity contribution is -0.118. The summed E-state index contributed by atoms with van der Waals surface area (Å²) in [7, 11) is 0. The molecule has 0 saturated heterocycles. The lowest BCUT2D eigenvalue weighted by Gasteiger charge is -2.08. The molecule has 1 aromatic rings. The number of hydrogen-bond donors (Lipinski definition) is 3. The standard InChI is InChI=1S/C13H19N3O2/c1-9(17)11-8-10(5-6-12(11)14)16-7-3-2-4-13(15)18/h5-6,8,16H,2-4,7,14H2,1H3,(H2,15,18). The number of Topliss-reactive ketones (excluding diaryl/α,β-unsaturated/α-hetero) is 1. The monoisotopic (exact) mass is 249 g/mol. The third-order valence-corrected chi connectivity index (χ3v) is 2.61. The van der Waals surface area contributed by atoms with Crippen LogP contribution in [-0.4, -0.2) is 18.2 Å². The summed E-state index contributed by atoms with van der Waals surface area (Å²) in [6, 6.07) is 5.28. The fourth-order valence-corrected chi connectivity index (χ4v) is 1.63. The third-order valence-electron chi connectivity index (χ3n) is 2.61. The van der Waals surface area contributed by atoms with E-state index in [9.17, 15) is 9.59 Å². The topological polar surface area (TPSA) is 98.2 Å². The van der Waals surface area contributed by atoms with Crippen LogP contribution in [-0.2, 0) is 4.79 Å². The van der Waals surface area contributed by atoms with Crippen molar-refractivity contribution in [3.63, 3.8) is 0 Å². The Hall–Kier alpha value is -2.04. The van der Waals surface area contributed by atoms with Crippen molar-refractivity contribution in [1.82, 2.24) is 0 Å². The summed E-state index contributed by atoms with van der Waals surface area (Å²) in [5.41, 5.74) is 12.6. The van der Waals surface area contributed by atoms with Gasteiger partial charge in [-0.05, 0) is 38.0 Å². The second-order valence-corrected chi connectivity index (χ2v) is 4.21. The maximum absolute atomic E-state index is 11.3. The van der Waals surface area contributed by atoms with E-state index < -0.39 is 0 Å². The van der Waals surface area contributed by atoms with Crippen molar-refractivity contribution in [2.75, 3.05) is 17.6 Å². The van der Waals surface area contributed by atoms with Gasteiger partial charge in [-0.3, -0.25) is 9.59 Å². The predicted octanol–water partition coefficient (Wildman–Crippen LogP) is 1.54. The Morgan fingerprint density at radius 2 is 2.00 bits per heavy atom. The zero-order valence-electron chi connectivity index (χ0n) is 10.5. The largest absolute Gasteiger partial charge is 0.398 e. The second kappa shape index (κ2) is 6.64. The van der Waals surface area contributed by atoms with Crippen LogP contribution in [0.1, 0.15) is 36.5 Å². The van der Waals surface area contributed by atoms with Gasteiger partial charge in [0.2, 0.25) is 5.91 Å². The molecule has 0 bridgehead atoms. The Kier molecular flexibility index (Phi) is 5.17. The Morgan fingerprint density at radius 3 is 2.61 bits per heavy atom. The van der Waals surface area contributed by atoms with E-state index >= 15 is 0 Å². The average Bonchev–Trinajstić information content (AvgIpc) is 2.30. The van der Waals surface area contributed by atoms with Gasteiger partial charge in [0, 0.05) is 29.9 Å². The number of carbonyl (C=O) groups excluding carboxylic acids is 2. The smallest absolute Gasteiger partial charge is 0.217 e. The van der Waals surface area contributed by atoms with Crippen LogP contribution < -0.4 is 16.8 Å². The van der Waals surface area contributed by atoms with Crippen molar-refractivity contribution < 1.29 is 9.59 Å². The van der Waals surface area contributed by atoms with E-state index in [-0.39, 0.29) is 11.7 Å². The summed E-state index contributed by atoms with van der Waals surface area (Å²) in [5, 5.41) is 3.18. The van der Waals surface area contributed by atoms with Gasteiger partial charge in [0.05, 0.1) is 0 Å². The predicted molar refractivity (Wildman–Crippen MR) is 72.4 cm³/mol. The molecule has 0 aliphatic carbocycles. The maximum Gasteiger partial charge on any atom is 0.217 e. The molecule has 0 heterocycles. The highest BCUT2D eigenvalue weighted by atomic mass is 16.1. The number of carbonyl (C=O) groups is 2. The van der Waals surface area contributed by atoms with Crippen LogP contribution in [0.4, 0.5) is 11.4 Å². The molecule has 5 nitrogen and oxygen atoms in total. The van der Waals surface area contributed by atoms with E-state index in [0.29, 0.717) is 17.7 Å². The first-order valence-electron chi connectivity index (χ1n) is 5.93. The number of ketones is 1. The molecule has 0 aliphatic rings. The van der Waals surface area contributed by atoms with Crippen molar-refractivity contribution in [3.8, 4) is 0 Å². The Bertz CT molecular complexity index is 444. The van der Waals surface area contributed by atoms with Gasteiger partial charge < -0.3 is 16.8 Å². The molecule has 0 aromatic heterocycles. The normalized spacial score (nSPS) is 10.1. The summed E-state index contributed by atoms with van der Waals surface area (Å²) < 4.78 is 0. The molecular weight excluding hydrogens is 230 g/mol. The van der Waals surface area contributed by atoms with Gasteiger partial charge in [-0.25, -0.2) is 0 Å². The van der Waals surface area contributed by atoms with Crippen molar-refractivity contribution in [2.24, 2.45) is 5.73 Å². The Labute approximate surface area is 107 Å². The second-order valence-electron chi connectivity index (χ2n) is 4.21. The number of unbranched alkanes of at least 4 members (excludes halogenated alkanes) is 1. The number of rotatable bonds is 7. The van der Waals surface area contributed by atoms with E-state index in [0.717, 1.165) is 25.1 Å². The van der Waals surface area contributed by atoms with Crippen LogP contribution in [0.3, 0.4) is 0 Å². The lowest BCUT2D eigenvalue weighted by atomic mass is 10.1. The minimum atomic E-state index is -0.277. The van der Waals surface area contributed by atoms with Gasteiger partial charge in [0.15, 0.2) is 5.78 Å². The minimum absolute atomic E-state index is 0.0510. The molecule has 1 rings (SSSR count). The van der Waals surface area contributed by atoms with Crippen molar-refractivity contribution in [1.29, 1.82) is 0 Å². The average molecular weight is 249 g/mol. The minimum Gasteiger partial charge on any atom is -0.398 e. The van der Waals surface area contributed by atoms with E-state index in [1.807, 2.05) is 6.07 Å². The Morgan fingerprint density at radius 1 is 1.28 bits per heavy atom. The van der Waals surface area contributed by atoms with Crippen LogP contribution in [0, 0.1) is 0 Å².